The zero-order valence-corrected chi connectivity index (χ0v) is 14.1. The number of hydrogen-bond acceptors (Lipinski definition) is 4. The highest BCUT2D eigenvalue weighted by molar-refractivity contribution is 7.93. The Morgan fingerprint density at radius 1 is 1.25 bits per heavy atom. The van der Waals surface area contributed by atoms with Crippen LogP contribution in [-0.4, -0.2) is 19.4 Å². The van der Waals surface area contributed by atoms with E-state index in [2.05, 4.69) is 4.98 Å². The number of hydrogen-bond donors (Lipinski definition) is 1. The molecule has 24 heavy (non-hydrogen) atoms. The molecule has 3 aromatic rings. The first kappa shape index (κ1) is 15.0. The summed E-state index contributed by atoms with van der Waals surface area (Å²) >= 11 is 0. The summed E-state index contributed by atoms with van der Waals surface area (Å²) in [6.07, 6.45) is 0.677. The summed E-state index contributed by atoms with van der Waals surface area (Å²) in [4.78, 5) is 14.0. The minimum atomic E-state index is -3.76. The van der Waals surface area contributed by atoms with Gasteiger partial charge in [-0.15, -0.1) is 0 Å². The number of aromatic amines is 1. The average Bonchev–Trinajstić information content (AvgIpc) is 3.03. The molecule has 1 N–H and O–H groups in total. The first-order valence-corrected chi connectivity index (χ1v) is 9.08. The average molecular weight is 344 g/mol. The van der Waals surface area contributed by atoms with Gasteiger partial charge in [0.05, 0.1) is 16.1 Å². The molecule has 1 aromatic heterocycles. The number of nitrogens with one attached hydrogen (secondary N) is 1. The Balaban J connectivity index is 1.92. The SMILES string of the molecule is Cc1cc2[nH]c(=O)oc2cc1S(=O)(=O)N1c2ccccc2C[C@@H]1C. The molecule has 124 valence electrons. The number of fused-ring (bicyclic) bond motifs is 2. The van der Waals surface area contributed by atoms with Gasteiger partial charge in [-0.1, -0.05) is 18.2 Å². The third-order valence-corrected chi connectivity index (χ3v) is 6.47. The van der Waals surface area contributed by atoms with Crippen molar-refractivity contribution >= 4 is 26.8 Å². The number of sulfonamides is 1. The van der Waals surface area contributed by atoms with Crippen LogP contribution >= 0.6 is 0 Å². The van der Waals surface area contributed by atoms with Crippen LogP contribution < -0.4 is 10.1 Å². The van der Waals surface area contributed by atoms with Gasteiger partial charge in [0.25, 0.3) is 10.0 Å². The van der Waals surface area contributed by atoms with Crippen LogP contribution in [0.25, 0.3) is 11.1 Å². The van der Waals surface area contributed by atoms with Crippen LogP contribution in [0.2, 0.25) is 0 Å². The molecule has 2 aromatic carbocycles. The Kier molecular flexibility index (Phi) is 3.11. The van der Waals surface area contributed by atoms with Gasteiger partial charge in [0, 0.05) is 12.1 Å². The van der Waals surface area contributed by atoms with E-state index in [1.807, 2.05) is 31.2 Å². The molecule has 0 unspecified atom stereocenters. The first-order valence-electron chi connectivity index (χ1n) is 7.64. The summed E-state index contributed by atoms with van der Waals surface area (Å²) < 4.78 is 33.0. The zero-order chi connectivity index (χ0) is 17.1. The van der Waals surface area contributed by atoms with E-state index in [9.17, 15) is 13.2 Å². The first-order chi connectivity index (χ1) is 11.4. The normalized spacial score (nSPS) is 17.4. The van der Waals surface area contributed by atoms with E-state index in [0.29, 0.717) is 23.2 Å². The van der Waals surface area contributed by atoms with Crippen LogP contribution in [0, 0.1) is 6.92 Å². The summed E-state index contributed by atoms with van der Waals surface area (Å²) in [6, 6.07) is 10.4. The van der Waals surface area contributed by atoms with Crippen molar-refractivity contribution in [2.75, 3.05) is 4.31 Å². The maximum atomic E-state index is 13.3. The summed E-state index contributed by atoms with van der Waals surface area (Å²) in [5, 5.41) is 0. The quantitative estimate of drug-likeness (QED) is 0.774. The maximum absolute atomic E-state index is 13.3. The van der Waals surface area contributed by atoms with Crippen molar-refractivity contribution in [3.63, 3.8) is 0 Å². The molecule has 1 aliphatic heterocycles. The Morgan fingerprint density at radius 3 is 2.79 bits per heavy atom. The molecule has 6 nitrogen and oxygen atoms in total. The lowest BCUT2D eigenvalue weighted by Crippen LogP contribution is -2.36. The number of aryl methyl sites for hydroxylation is 1. The predicted molar refractivity (Wildman–Crippen MR) is 90.8 cm³/mol. The van der Waals surface area contributed by atoms with Crippen LogP contribution in [0.5, 0.6) is 0 Å². The van der Waals surface area contributed by atoms with Crippen LogP contribution in [0.1, 0.15) is 18.1 Å². The Morgan fingerprint density at radius 2 is 2.00 bits per heavy atom. The molecule has 0 saturated carbocycles. The molecule has 1 atom stereocenters. The second-order valence-corrected chi connectivity index (χ2v) is 7.89. The van der Waals surface area contributed by atoms with Crippen molar-refractivity contribution in [2.24, 2.45) is 0 Å². The number of nitrogens with zero attached hydrogens (tertiary/aromatic N) is 1. The molecule has 7 heteroatoms. The minimum Gasteiger partial charge on any atom is -0.408 e. The van der Waals surface area contributed by atoms with Crippen LogP contribution in [0.3, 0.4) is 0 Å². The monoisotopic (exact) mass is 344 g/mol. The number of rotatable bonds is 2. The van der Waals surface area contributed by atoms with Crippen molar-refractivity contribution in [1.29, 1.82) is 0 Å². The molecule has 0 radical (unpaired) electrons. The van der Waals surface area contributed by atoms with E-state index >= 15 is 0 Å². The number of aromatic nitrogens is 1. The van der Waals surface area contributed by atoms with Crippen molar-refractivity contribution < 1.29 is 12.8 Å². The third-order valence-electron chi connectivity index (χ3n) is 4.40. The summed E-state index contributed by atoms with van der Waals surface area (Å²) in [5.41, 5.74) is 3.02. The van der Waals surface area contributed by atoms with Gasteiger partial charge in [-0.25, -0.2) is 13.2 Å². The van der Waals surface area contributed by atoms with Gasteiger partial charge in [0.15, 0.2) is 5.58 Å². The van der Waals surface area contributed by atoms with Gasteiger partial charge in [-0.05, 0) is 43.5 Å². The topological polar surface area (TPSA) is 83.4 Å². The van der Waals surface area contributed by atoms with Crippen molar-refractivity contribution in [1.82, 2.24) is 4.98 Å². The molecular weight excluding hydrogens is 328 g/mol. The third kappa shape index (κ3) is 2.08. The van der Waals surface area contributed by atoms with Crippen molar-refractivity contribution in [3.8, 4) is 0 Å². The summed E-state index contributed by atoms with van der Waals surface area (Å²) in [6.45, 7) is 3.60. The standard InChI is InChI=1S/C17H16N2O4S/c1-10-7-13-15(23-17(20)18-13)9-16(10)24(21,22)19-11(2)8-12-5-3-4-6-14(12)19/h3-7,9,11H,8H2,1-2H3,(H,18,20)/t11-/m0/s1. The van der Waals surface area contributed by atoms with Gasteiger partial charge < -0.3 is 4.42 Å². The highest BCUT2D eigenvalue weighted by Gasteiger charge is 2.36. The molecule has 0 spiro atoms. The molecule has 0 amide bonds. The number of para-hydroxylation sites is 1. The fourth-order valence-corrected chi connectivity index (χ4v) is 5.29. The second kappa shape index (κ2) is 4.98. The largest absolute Gasteiger partial charge is 0.417 e. The van der Waals surface area contributed by atoms with E-state index < -0.39 is 15.8 Å². The lowest BCUT2D eigenvalue weighted by atomic mass is 10.1. The molecule has 0 saturated heterocycles. The Hall–Kier alpha value is -2.54. The van der Waals surface area contributed by atoms with Crippen LogP contribution in [0.15, 0.2) is 50.5 Å². The van der Waals surface area contributed by atoms with E-state index in [1.54, 1.807) is 13.0 Å². The van der Waals surface area contributed by atoms with Crippen molar-refractivity contribution in [2.45, 2.75) is 31.2 Å². The van der Waals surface area contributed by atoms with E-state index in [0.717, 1.165) is 5.56 Å². The summed E-state index contributed by atoms with van der Waals surface area (Å²) in [5.74, 6) is -0.598. The Bertz CT molecular complexity index is 1110. The molecule has 4 rings (SSSR count). The van der Waals surface area contributed by atoms with E-state index in [1.165, 1.54) is 10.4 Å². The predicted octanol–water partition coefficient (Wildman–Crippen LogP) is 2.57. The van der Waals surface area contributed by atoms with E-state index in [-0.39, 0.29) is 16.5 Å². The Labute approximate surface area is 138 Å². The summed E-state index contributed by atoms with van der Waals surface area (Å²) in [7, 11) is -3.76. The lowest BCUT2D eigenvalue weighted by molar-refractivity contribution is 0.553. The molecule has 0 bridgehead atoms. The maximum Gasteiger partial charge on any atom is 0.417 e. The molecule has 0 fully saturated rings. The van der Waals surface area contributed by atoms with E-state index in [4.69, 9.17) is 4.42 Å². The van der Waals surface area contributed by atoms with Crippen molar-refractivity contribution in [3.05, 3.63) is 58.1 Å². The highest BCUT2D eigenvalue weighted by Crippen LogP contribution is 2.37. The fourth-order valence-electron chi connectivity index (χ4n) is 3.37. The molecule has 2 heterocycles. The smallest absolute Gasteiger partial charge is 0.408 e. The fraction of sp³-hybridized carbons (Fsp3) is 0.235. The zero-order valence-electron chi connectivity index (χ0n) is 13.2. The van der Waals surface area contributed by atoms with Gasteiger partial charge >= 0.3 is 5.76 Å². The minimum absolute atomic E-state index is 0.154. The second-order valence-electron chi connectivity index (χ2n) is 6.11. The molecule has 0 aliphatic carbocycles. The number of anilines is 1. The van der Waals surface area contributed by atoms with Gasteiger partial charge in [0.2, 0.25) is 0 Å². The molecule has 1 aliphatic rings. The van der Waals surface area contributed by atoms with Gasteiger partial charge in [0.1, 0.15) is 0 Å². The lowest BCUT2D eigenvalue weighted by Gasteiger charge is -2.25. The number of benzene rings is 2. The number of oxazole rings is 1. The number of H-pyrrole nitrogens is 1. The van der Waals surface area contributed by atoms with Gasteiger partial charge in [-0.2, -0.15) is 0 Å². The van der Waals surface area contributed by atoms with Crippen LogP contribution in [-0.2, 0) is 16.4 Å². The molecular formula is C17H16N2O4S. The van der Waals surface area contributed by atoms with Crippen LogP contribution in [0.4, 0.5) is 5.69 Å². The van der Waals surface area contributed by atoms with Gasteiger partial charge in [-0.3, -0.25) is 9.29 Å². The highest BCUT2D eigenvalue weighted by atomic mass is 32.2.